The van der Waals surface area contributed by atoms with Gasteiger partial charge in [0.25, 0.3) is 0 Å². The maximum atomic E-state index is 12.5. The first kappa shape index (κ1) is 17.6. The highest BCUT2D eigenvalue weighted by atomic mass is 35.5. The van der Waals surface area contributed by atoms with Crippen molar-refractivity contribution >= 4 is 44.3 Å². The van der Waals surface area contributed by atoms with Gasteiger partial charge in [-0.15, -0.1) is 22.7 Å². The molecule has 3 rings (SSSR count). The van der Waals surface area contributed by atoms with Gasteiger partial charge in [0.1, 0.15) is 4.21 Å². The number of thiophene rings is 2. The number of hydrogen-bond donors (Lipinski definition) is 1. The highest BCUT2D eigenvalue weighted by molar-refractivity contribution is 7.91. The van der Waals surface area contributed by atoms with Crippen LogP contribution in [0.25, 0.3) is 0 Å². The number of aryl methyl sites for hydroxylation is 2. The highest BCUT2D eigenvalue weighted by Gasteiger charge is 2.23. The zero-order valence-corrected chi connectivity index (χ0v) is 16.3. The van der Waals surface area contributed by atoms with Crippen LogP contribution in [0.1, 0.15) is 22.3 Å². The number of rotatable bonds is 6. The van der Waals surface area contributed by atoms with Gasteiger partial charge in [0, 0.05) is 17.1 Å². The molecule has 1 atom stereocenters. The molecule has 0 aliphatic rings. The zero-order valence-electron chi connectivity index (χ0n) is 13.1. The van der Waals surface area contributed by atoms with Crippen LogP contribution in [-0.2, 0) is 10.0 Å². The Morgan fingerprint density at radius 3 is 2.67 bits per heavy atom. The molecule has 24 heavy (non-hydrogen) atoms. The first-order valence-electron chi connectivity index (χ1n) is 7.18. The molecule has 0 saturated heterocycles. The Kier molecular flexibility index (Phi) is 5.12. The van der Waals surface area contributed by atoms with Gasteiger partial charge in [0.2, 0.25) is 10.0 Å². The van der Waals surface area contributed by atoms with Crippen LogP contribution < -0.4 is 4.72 Å². The van der Waals surface area contributed by atoms with E-state index in [4.69, 9.17) is 11.6 Å². The number of hydrogen-bond acceptors (Lipinski definition) is 5. The second-order valence-corrected chi connectivity index (χ2v) is 10.0. The SMILES string of the molecule is Cc1cc(C)n(C(CNS(=O)(=O)c2ccc(Cl)s2)c2cccs2)n1. The van der Waals surface area contributed by atoms with Crippen LogP contribution in [0.3, 0.4) is 0 Å². The molecular formula is C15H16ClN3O2S3. The standard InChI is InChI=1S/C15H16ClN3O2S3/c1-10-8-11(2)19(18-10)12(13-4-3-7-22-13)9-17-24(20,21)15-6-5-14(16)23-15/h3-8,12,17H,9H2,1-2H3. The molecule has 0 bridgehead atoms. The molecule has 0 spiro atoms. The van der Waals surface area contributed by atoms with Crippen molar-refractivity contribution < 1.29 is 8.42 Å². The minimum Gasteiger partial charge on any atom is -0.260 e. The quantitative estimate of drug-likeness (QED) is 0.682. The van der Waals surface area contributed by atoms with Gasteiger partial charge in [0.15, 0.2) is 0 Å². The summed E-state index contributed by atoms with van der Waals surface area (Å²) in [5.74, 6) is 0. The molecule has 3 heterocycles. The molecular weight excluding hydrogens is 386 g/mol. The third-order valence-corrected chi connectivity index (χ3v) is 7.61. The summed E-state index contributed by atoms with van der Waals surface area (Å²) in [6.07, 6.45) is 0. The van der Waals surface area contributed by atoms with Crippen molar-refractivity contribution in [2.24, 2.45) is 0 Å². The minimum absolute atomic E-state index is 0.191. The molecule has 0 aliphatic carbocycles. The lowest BCUT2D eigenvalue weighted by Crippen LogP contribution is -2.31. The van der Waals surface area contributed by atoms with E-state index in [1.54, 1.807) is 17.4 Å². The van der Waals surface area contributed by atoms with E-state index < -0.39 is 10.0 Å². The first-order valence-corrected chi connectivity index (χ1v) is 10.7. The molecule has 0 radical (unpaired) electrons. The summed E-state index contributed by atoms with van der Waals surface area (Å²) < 4.78 is 30.1. The smallest absolute Gasteiger partial charge is 0.250 e. The summed E-state index contributed by atoms with van der Waals surface area (Å²) in [4.78, 5) is 1.05. The van der Waals surface area contributed by atoms with Crippen LogP contribution in [-0.4, -0.2) is 24.7 Å². The van der Waals surface area contributed by atoms with E-state index in [9.17, 15) is 8.42 Å². The zero-order chi connectivity index (χ0) is 17.3. The topological polar surface area (TPSA) is 64.0 Å². The fourth-order valence-electron chi connectivity index (χ4n) is 2.45. The summed E-state index contributed by atoms with van der Waals surface area (Å²) in [6, 6.07) is 8.82. The van der Waals surface area contributed by atoms with Gasteiger partial charge in [-0.05, 0) is 43.5 Å². The Bertz CT molecular complexity index is 929. The van der Waals surface area contributed by atoms with E-state index in [2.05, 4.69) is 9.82 Å². The van der Waals surface area contributed by atoms with E-state index in [1.165, 1.54) is 6.07 Å². The molecule has 0 amide bonds. The Hall–Kier alpha value is -1.19. The Morgan fingerprint density at radius 1 is 1.33 bits per heavy atom. The summed E-state index contributed by atoms with van der Waals surface area (Å²) >= 11 is 8.47. The van der Waals surface area contributed by atoms with Crippen molar-refractivity contribution in [2.45, 2.75) is 24.1 Å². The highest BCUT2D eigenvalue weighted by Crippen LogP contribution is 2.27. The first-order chi connectivity index (χ1) is 11.4. The molecule has 0 saturated carbocycles. The van der Waals surface area contributed by atoms with Gasteiger partial charge in [0.05, 0.1) is 16.1 Å². The molecule has 0 aliphatic heterocycles. The van der Waals surface area contributed by atoms with Gasteiger partial charge >= 0.3 is 0 Å². The van der Waals surface area contributed by atoms with Crippen LogP contribution in [0.5, 0.6) is 0 Å². The Labute approximate surface area is 154 Å². The number of sulfonamides is 1. The predicted octanol–water partition coefficient (Wildman–Crippen LogP) is 3.84. The van der Waals surface area contributed by atoms with Crippen LogP contribution in [0, 0.1) is 13.8 Å². The van der Waals surface area contributed by atoms with E-state index in [1.807, 2.05) is 42.1 Å². The number of nitrogens with zero attached hydrogens (tertiary/aromatic N) is 2. The normalized spacial score (nSPS) is 13.3. The van der Waals surface area contributed by atoms with E-state index in [-0.39, 0.29) is 16.8 Å². The lowest BCUT2D eigenvalue weighted by Gasteiger charge is -2.18. The van der Waals surface area contributed by atoms with Crippen molar-refractivity contribution in [3.63, 3.8) is 0 Å². The third kappa shape index (κ3) is 3.73. The second kappa shape index (κ2) is 6.97. The molecule has 0 fully saturated rings. The summed E-state index contributed by atoms with van der Waals surface area (Å²) in [5, 5.41) is 6.49. The number of nitrogens with one attached hydrogen (secondary N) is 1. The largest absolute Gasteiger partial charge is 0.260 e. The lowest BCUT2D eigenvalue weighted by atomic mass is 10.2. The van der Waals surface area contributed by atoms with Gasteiger partial charge in [-0.3, -0.25) is 4.68 Å². The van der Waals surface area contributed by atoms with Crippen molar-refractivity contribution in [3.05, 3.63) is 56.3 Å². The van der Waals surface area contributed by atoms with Gasteiger partial charge in [-0.2, -0.15) is 5.10 Å². The predicted molar refractivity (Wildman–Crippen MR) is 98.7 cm³/mol. The maximum absolute atomic E-state index is 12.5. The van der Waals surface area contributed by atoms with Crippen LogP contribution in [0.15, 0.2) is 39.9 Å². The molecule has 3 aromatic heterocycles. The molecule has 128 valence electrons. The average Bonchev–Trinajstić information content (AvgIpc) is 3.22. The average molecular weight is 402 g/mol. The van der Waals surface area contributed by atoms with Gasteiger partial charge < -0.3 is 0 Å². The van der Waals surface area contributed by atoms with E-state index in [0.717, 1.165) is 27.6 Å². The third-order valence-electron chi connectivity index (χ3n) is 3.49. The van der Waals surface area contributed by atoms with Gasteiger partial charge in [-0.1, -0.05) is 17.7 Å². The number of aromatic nitrogens is 2. The van der Waals surface area contributed by atoms with Crippen LogP contribution >= 0.6 is 34.3 Å². The van der Waals surface area contributed by atoms with Gasteiger partial charge in [-0.25, -0.2) is 13.1 Å². The summed E-state index contributed by atoms with van der Waals surface area (Å²) in [6.45, 7) is 4.11. The van der Waals surface area contributed by atoms with Crippen molar-refractivity contribution in [1.29, 1.82) is 0 Å². The lowest BCUT2D eigenvalue weighted by molar-refractivity contribution is 0.500. The molecule has 9 heteroatoms. The fraction of sp³-hybridized carbons (Fsp3) is 0.267. The molecule has 0 aromatic carbocycles. The minimum atomic E-state index is -3.59. The molecule has 3 aromatic rings. The second-order valence-electron chi connectivity index (χ2n) is 5.31. The van der Waals surface area contributed by atoms with Crippen molar-refractivity contribution in [3.8, 4) is 0 Å². The van der Waals surface area contributed by atoms with Crippen LogP contribution in [0.2, 0.25) is 4.34 Å². The monoisotopic (exact) mass is 401 g/mol. The fourth-order valence-corrected chi connectivity index (χ4v) is 5.83. The van der Waals surface area contributed by atoms with Crippen molar-refractivity contribution in [2.75, 3.05) is 6.54 Å². The molecule has 1 unspecified atom stereocenters. The Balaban J connectivity index is 1.87. The summed E-state index contributed by atoms with van der Waals surface area (Å²) in [7, 11) is -3.59. The maximum Gasteiger partial charge on any atom is 0.250 e. The van der Waals surface area contributed by atoms with E-state index in [0.29, 0.717) is 4.34 Å². The molecule has 1 N–H and O–H groups in total. The van der Waals surface area contributed by atoms with Crippen molar-refractivity contribution in [1.82, 2.24) is 14.5 Å². The Morgan fingerprint density at radius 2 is 2.12 bits per heavy atom. The summed E-state index contributed by atoms with van der Waals surface area (Å²) in [5.41, 5.74) is 1.89. The van der Waals surface area contributed by atoms with Crippen LogP contribution in [0.4, 0.5) is 0 Å². The number of halogens is 1. The molecule has 5 nitrogen and oxygen atoms in total. The van der Waals surface area contributed by atoms with E-state index >= 15 is 0 Å².